The molecule has 0 aliphatic carbocycles. The van der Waals surface area contributed by atoms with E-state index in [1.807, 2.05) is 24.0 Å². The van der Waals surface area contributed by atoms with Gasteiger partial charge < -0.3 is 15.1 Å². The fraction of sp³-hybridized carbons (Fsp3) is 0.500. The Bertz CT molecular complexity index is 675. The Morgan fingerprint density at radius 2 is 1.92 bits per heavy atom. The van der Waals surface area contributed by atoms with Gasteiger partial charge in [-0.25, -0.2) is 9.78 Å². The molecule has 2 aromatic rings. The smallest absolute Gasteiger partial charge is 0.317 e. The van der Waals surface area contributed by atoms with Gasteiger partial charge in [-0.05, 0) is 32.4 Å². The summed E-state index contributed by atoms with van der Waals surface area (Å²) in [5.41, 5.74) is 2.29. The van der Waals surface area contributed by atoms with Gasteiger partial charge in [0.15, 0.2) is 0 Å². The van der Waals surface area contributed by atoms with Crippen molar-refractivity contribution in [1.29, 1.82) is 0 Å². The highest BCUT2D eigenvalue weighted by atomic mass is 32.1. The molecule has 3 rings (SSSR count). The molecule has 25 heavy (non-hydrogen) atoms. The van der Waals surface area contributed by atoms with Gasteiger partial charge in [-0.3, -0.25) is 4.98 Å². The van der Waals surface area contributed by atoms with Gasteiger partial charge in [-0.2, -0.15) is 0 Å². The Morgan fingerprint density at radius 1 is 1.20 bits per heavy atom. The Kier molecular flexibility index (Phi) is 5.86. The highest BCUT2D eigenvalue weighted by molar-refractivity contribution is 7.11. The molecule has 1 fully saturated rings. The predicted octanol–water partition coefficient (Wildman–Crippen LogP) is 2.62. The first-order valence-electron chi connectivity index (χ1n) is 8.74. The number of nitrogens with one attached hydrogen (secondary N) is 1. The van der Waals surface area contributed by atoms with Gasteiger partial charge in [0.25, 0.3) is 0 Å². The monoisotopic (exact) mass is 359 g/mol. The number of rotatable bonds is 5. The Labute approximate surface area is 152 Å². The highest BCUT2D eigenvalue weighted by Crippen LogP contribution is 2.17. The first kappa shape index (κ1) is 17.7. The molecule has 0 radical (unpaired) electrons. The van der Waals surface area contributed by atoms with Crippen LogP contribution in [-0.4, -0.2) is 53.6 Å². The Balaban J connectivity index is 1.36. The lowest BCUT2D eigenvalue weighted by Gasteiger charge is -2.36. The minimum absolute atomic E-state index is 0.0425. The number of nitrogens with zero attached hydrogens (tertiary/aromatic N) is 4. The molecule has 6 nitrogen and oxygen atoms in total. The SMILES string of the molecule is Cc1nc(CCCNC(=O)N2CCN(c3ccncc3)CC2)sc1C. The van der Waals surface area contributed by atoms with Gasteiger partial charge in [0, 0.05) is 62.1 Å². The number of thiazole rings is 1. The zero-order valence-electron chi connectivity index (χ0n) is 14.9. The third kappa shape index (κ3) is 4.69. The van der Waals surface area contributed by atoms with E-state index in [2.05, 4.69) is 27.1 Å². The molecule has 0 aromatic carbocycles. The fourth-order valence-electron chi connectivity index (χ4n) is 2.92. The number of pyridine rings is 1. The van der Waals surface area contributed by atoms with Crippen LogP contribution in [0.25, 0.3) is 0 Å². The summed E-state index contributed by atoms with van der Waals surface area (Å²) in [7, 11) is 0. The Hall–Kier alpha value is -2.15. The molecule has 2 amide bonds. The molecule has 0 saturated carbocycles. The molecular formula is C18H25N5OS. The summed E-state index contributed by atoms with van der Waals surface area (Å²) in [6.45, 7) is 8.05. The van der Waals surface area contributed by atoms with Gasteiger partial charge in [-0.15, -0.1) is 11.3 Å². The summed E-state index contributed by atoms with van der Waals surface area (Å²) in [6, 6.07) is 4.07. The van der Waals surface area contributed by atoms with Gasteiger partial charge >= 0.3 is 6.03 Å². The number of hydrogen-bond donors (Lipinski definition) is 1. The number of carbonyl (C=O) groups is 1. The maximum Gasteiger partial charge on any atom is 0.317 e. The average molecular weight is 359 g/mol. The number of carbonyl (C=O) groups excluding carboxylic acids is 1. The summed E-state index contributed by atoms with van der Waals surface area (Å²) in [5.74, 6) is 0. The molecule has 2 aromatic heterocycles. The summed E-state index contributed by atoms with van der Waals surface area (Å²) < 4.78 is 0. The third-order valence-electron chi connectivity index (χ3n) is 4.51. The number of aromatic nitrogens is 2. The van der Waals surface area contributed by atoms with Gasteiger partial charge in [-0.1, -0.05) is 0 Å². The second-order valence-corrected chi connectivity index (χ2v) is 7.55. The van der Waals surface area contributed by atoms with E-state index in [0.717, 1.165) is 49.7 Å². The van der Waals surface area contributed by atoms with E-state index in [4.69, 9.17) is 0 Å². The van der Waals surface area contributed by atoms with Gasteiger partial charge in [0.1, 0.15) is 0 Å². The van der Waals surface area contributed by atoms with Crippen molar-refractivity contribution in [2.45, 2.75) is 26.7 Å². The topological polar surface area (TPSA) is 61.4 Å². The van der Waals surface area contributed by atoms with Crippen LogP contribution in [0.4, 0.5) is 10.5 Å². The number of hydrogen-bond acceptors (Lipinski definition) is 5. The first-order valence-corrected chi connectivity index (χ1v) is 9.56. The fourth-order valence-corrected chi connectivity index (χ4v) is 3.89. The molecule has 0 spiro atoms. The molecule has 1 aliphatic heterocycles. The van der Waals surface area contributed by atoms with Gasteiger partial charge in [0.05, 0.1) is 10.7 Å². The molecular weight excluding hydrogens is 334 g/mol. The van der Waals surface area contributed by atoms with Crippen molar-refractivity contribution in [3.63, 3.8) is 0 Å². The number of urea groups is 1. The van der Waals surface area contributed by atoms with Crippen LogP contribution >= 0.6 is 11.3 Å². The van der Waals surface area contributed by atoms with Crippen LogP contribution in [0.1, 0.15) is 22.0 Å². The zero-order chi connectivity index (χ0) is 17.6. The van der Waals surface area contributed by atoms with E-state index >= 15 is 0 Å². The maximum atomic E-state index is 12.3. The maximum absolute atomic E-state index is 12.3. The average Bonchev–Trinajstić information content (AvgIpc) is 2.97. The summed E-state index contributed by atoms with van der Waals surface area (Å²) in [6.07, 6.45) is 5.46. The second kappa shape index (κ2) is 8.29. The minimum atomic E-state index is 0.0425. The predicted molar refractivity (Wildman–Crippen MR) is 101 cm³/mol. The largest absolute Gasteiger partial charge is 0.368 e. The zero-order valence-corrected chi connectivity index (χ0v) is 15.7. The standard InChI is InChI=1S/C18H25N5OS/c1-14-15(2)25-17(21-14)4-3-7-20-18(24)23-12-10-22(11-13-23)16-5-8-19-9-6-16/h5-6,8-9H,3-4,7,10-13H2,1-2H3,(H,20,24). The lowest BCUT2D eigenvalue weighted by atomic mass is 10.2. The van der Waals surface area contributed by atoms with Crippen molar-refractivity contribution in [2.24, 2.45) is 0 Å². The van der Waals surface area contributed by atoms with Crippen LogP contribution < -0.4 is 10.2 Å². The molecule has 0 unspecified atom stereocenters. The highest BCUT2D eigenvalue weighted by Gasteiger charge is 2.20. The van der Waals surface area contributed by atoms with Crippen molar-refractivity contribution < 1.29 is 4.79 Å². The quantitative estimate of drug-likeness (QED) is 0.834. The van der Waals surface area contributed by atoms with E-state index in [0.29, 0.717) is 6.54 Å². The number of anilines is 1. The molecule has 1 N–H and O–H groups in total. The van der Waals surface area contributed by atoms with Crippen molar-refractivity contribution in [1.82, 2.24) is 20.2 Å². The van der Waals surface area contributed by atoms with Crippen LogP contribution in [0.15, 0.2) is 24.5 Å². The van der Waals surface area contributed by atoms with Crippen LogP contribution in [-0.2, 0) is 6.42 Å². The second-order valence-electron chi connectivity index (χ2n) is 6.26. The molecule has 1 saturated heterocycles. The van der Waals surface area contributed by atoms with Crippen molar-refractivity contribution in [2.75, 3.05) is 37.6 Å². The number of amides is 2. The van der Waals surface area contributed by atoms with E-state index in [1.54, 1.807) is 23.7 Å². The summed E-state index contributed by atoms with van der Waals surface area (Å²) >= 11 is 1.76. The number of aryl methyl sites for hydroxylation is 3. The molecule has 0 atom stereocenters. The van der Waals surface area contributed by atoms with Crippen molar-refractivity contribution >= 4 is 23.1 Å². The van der Waals surface area contributed by atoms with Crippen molar-refractivity contribution in [3.8, 4) is 0 Å². The van der Waals surface area contributed by atoms with Crippen LogP contribution in [0.2, 0.25) is 0 Å². The van der Waals surface area contributed by atoms with E-state index in [-0.39, 0.29) is 6.03 Å². The number of piperazine rings is 1. The third-order valence-corrected chi connectivity index (χ3v) is 5.64. The molecule has 7 heteroatoms. The minimum Gasteiger partial charge on any atom is -0.368 e. The molecule has 3 heterocycles. The van der Waals surface area contributed by atoms with Gasteiger partial charge in [0.2, 0.25) is 0 Å². The van der Waals surface area contributed by atoms with Crippen LogP contribution in [0.5, 0.6) is 0 Å². The Morgan fingerprint density at radius 3 is 2.56 bits per heavy atom. The van der Waals surface area contributed by atoms with E-state index in [9.17, 15) is 4.79 Å². The normalized spacial score (nSPS) is 14.6. The lowest BCUT2D eigenvalue weighted by Crippen LogP contribution is -2.52. The molecule has 134 valence electrons. The van der Waals surface area contributed by atoms with Crippen LogP contribution in [0, 0.1) is 13.8 Å². The van der Waals surface area contributed by atoms with Crippen LogP contribution in [0.3, 0.4) is 0 Å². The van der Waals surface area contributed by atoms with Crippen molar-refractivity contribution in [3.05, 3.63) is 40.1 Å². The summed E-state index contributed by atoms with van der Waals surface area (Å²) in [5, 5.41) is 4.20. The first-order chi connectivity index (χ1) is 12.1. The van der Waals surface area contributed by atoms with E-state index < -0.39 is 0 Å². The molecule has 1 aliphatic rings. The van der Waals surface area contributed by atoms with E-state index in [1.165, 1.54) is 10.6 Å². The lowest BCUT2D eigenvalue weighted by molar-refractivity contribution is 0.194. The molecule has 0 bridgehead atoms. The summed E-state index contributed by atoms with van der Waals surface area (Å²) in [4.78, 5) is 26.3.